The van der Waals surface area contributed by atoms with Crippen LogP contribution in [0.5, 0.6) is 0 Å². The average molecular weight is 369 g/mol. The van der Waals surface area contributed by atoms with Gasteiger partial charge in [0, 0.05) is 12.1 Å². The summed E-state index contributed by atoms with van der Waals surface area (Å²) in [5, 5.41) is 3.69. The molecule has 2 aromatic rings. The molecule has 0 spiro atoms. The predicted octanol–water partition coefficient (Wildman–Crippen LogP) is 3.14. The highest BCUT2D eigenvalue weighted by Crippen LogP contribution is 2.20. The first-order chi connectivity index (χ1) is 11.1. The maximum absolute atomic E-state index is 12.2. The lowest BCUT2D eigenvalue weighted by atomic mass is 9.98. The number of benzene rings is 2. The molecule has 0 aliphatic carbocycles. The van der Waals surface area contributed by atoms with E-state index < -0.39 is 6.04 Å². The smallest absolute Gasteiger partial charge is 0.239 e. The Kier molecular flexibility index (Phi) is 8.79. The van der Waals surface area contributed by atoms with E-state index in [2.05, 4.69) is 5.32 Å². The predicted molar refractivity (Wildman–Crippen MR) is 99.6 cm³/mol. The van der Waals surface area contributed by atoms with Crippen molar-refractivity contribution in [3.8, 4) is 0 Å². The maximum atomic E-state index is 12.2. The van der Waals surface area contributed by atoms with Crippen molar-refractivity contribution in [1.82, 2.24) is 5.32 Å². The fourth-order valence-corrected chi connectivity index (χ4v) is 2.45. The number of methoxy groups -OCH3 is 1. The van der Waals surface area contributed by atoms with E-state index in [1.165, 1.54) is 7.11 Å². The van der Waals surface area contributed by atoms with Gasteiger partial charge < -0.3 is 15.8 Å². The molecular weight excluding hydrogens is 347 g/mol. The van der Waals surface area contributed by atoms with Crippen molar-refractivity contribution >= 4 is 29.9 Å². The second-order valence-corrected chi connectivity index (χ2v) is 5.80. The number of carbonyl (C=O) groups is 1. The van der Waals surface area contributed by atoms with Gasteiger partial charge in [0.15, 0.2) is 0 Å². The number of hydrogen-bond acceptors (Lipinski definition) is 3. The summed E-state index contributed by atoms with van der Waals surface area (Å²) in [7, 11) is 1.52. The van der Waals surface area contributed by atoms with Gasteiger partial charge in [-0.05, 0) is 29.7 Å². The summed E-state index contributed by atoms with van der Waals surface area (Å²) in [4.78, 5) is 12.2. The number of rotatable bonds is 7. The molecular formula is C18H22Cl2N2O2. The molecule has 2 atom stereocenters. The monoisotopic (exact) mass is 368 g/mol. The van der Waals surface area contributed by atoms with Crippen LogP contribution in [0.25, 0.3) is 0 Å². The van der Waals surface area contributed by atoms with E-state index in [1.54, 1.807) is 0 Å². The zero-order valence-electron chi connectivity index (χ0n) is 13.4. The van der Waals surface area contributed by atoms with Crippen LogP contribution in [-0.4, -0.2) is 25.7 Å². The van der Waals surface area contributed by atoms with Gasteiger partial charge in [0.2, 0.25) is 5.91 Å². The lowest BCUT2D eigenvalue weighted by Gasteiger charge is -2.21. The average Bonchev–Trinajstić information content (AvgIpc) is 2.57. The van der Waals surface area contributed by atoms with Crippen molar-refractivity contribution in [3.63, 3.8) is 0 Å². The Morgan fingerprint density at radius 3 is 2.38 bits per heavy atom. The summed E-state index contributed by atoms with van der Waals surface area (Å²) in [5.41, 5.74) is 7.93. The molecule has 2 aromatic carbocycles. The van der Waals surface area contributed by atoms with Gasteiger partial charge in [0.25, 0.3) is 0 Å². The van der Waals surface area contributed by atoms with Crippen molar-refractivity contribution in [2.45, 2.75) is 18.5 Å². The topological polar surface area (TPSA) is 64.3 Å². The van der Waals surface area contributed by atoms with E-state index in [0.29, 0.717) is 11.4 Å². The van der Waals surface area contributed by atoms with Crippen LogP contribution in [0.15, 0.2) is 54.6 Å². The largest absolute Gasteiger partial charge is 0.383 e. The Bertz CT molecular complexity index is 621. The Balaban J connectivity index is 0.00000288. The van der Waals surface area contributed by atoms with E-state index in [4.69, 9.17) is 22.1 Å². The molecule has 0 bridgehead atoms. The third-order valence-electron chi connectivity index (χ3n) is 3.55. The molecule has 0 heterocycles. The SMILES string of the molecule is COCC(N)C(=O)NC(Cc1ccc(Cl)cc1)c1ccccc1.Cl. The van der Waals surface area contributed by atoms with Gasteiger partial charge in [-0.15, -0.1) is 12.4 Å². The zero-order chi connectivity index (χ0) is 16.7. The number of nitrogens with one attached hydrogen (secondary N) is 1. The van der Waals surface area contributed by atoms with E-state index in [-0.39, 0.29) is 31.0 Å². The Labute approximate surface area is 153 Å². The quantitative estimate of drug-likeness (QED) is 0.788. The van der Waals surface area contributed by atoms with Crippen molar-refractivity contribution in [2.24, 2.45) is 5.73 Å². The summed E-state index contributed by atoms with van der Waals surface area (Å²) < 4.78 is 4.94. The van der Waals surface area contributed by atoms with Crippen LogP contribution < -0.4 is 11.1 Å². The van der Waals surface area contributed by atoms with Gasteiger partial charge in [-0.1, -0.05) is 54.1 Å². The van der Waals surface area contributed by atoms with Gasteiger partial charge in [0.1, 0.15) is 6.04 Å². The first kappa shape index (κ1) is 20.5. The number of ether oxygens (including phenoxy) is 1. The van der Waals surface area contributed by atoms with Gasteiger partial charge in [-0.3, -0.25) is 4.79 Å². The summed E-state index contributed by atoms with van der Waals surface area (Å²) in [6, 6.07) is 16.6. The molecule has 0 saturated heterocycles. The maximum Gasteiger partial charge on any atom is 0.239 e. The number of halogens is 2. The minimum absolute atomic E-state index is 0. The highest BCUT2D eigenvalue weighted by molar-refractivity contribution is 6.30. The molecule has 0 aliphatic heterocycles. The van der Waals surface area contributed by atoms with Crippen LogP contribution in [0.3, 0.4) is 0 Å². The second kappa shape index (κ2) is 10.3. The number of carbonyl (C=O) groups excluding carboxylic acids is 1. The summed E-state index contributed by atoms with van der Waals surface area (Å²) in [6.07, 6.45) is 0.659. The van der Waals surface area contributed by atoms with Gasteiger partial charge in [0.05, 0.1) is 12.6 Å². The highest BCUT2D eigenvalue weighted by atomic mass is 35.5. The molecule has 0 saturated carbocycles. The van der Waals surface area contributed by atoms with Crippen LogP contribution in [0, 0.1) is 0 Å². The molecule has 0 aromatic heterocycles. The number of nitrogens with two attached hydrogens (primary N) is 1. The molecule has 0 aliphatic rings. The summed E-state index contributed by atoms with van der Waals surface area (Å²) >= 11 is 5.93. The fourth-order valence-electron chi connectivity index (χ4n) is 2.33. The van der Waals surface area contributed by atoms with Crippen LogP contribution in [-0.2, 0) is 16.0 Å². The second-order valence-electron chi connectivity index (χ2n) is 5.36. The fraction of sp³-hybridized carbons (Fsp3) is 0.278. The Morgan fingerprint density at radius 1 is 1.17 bits per heavy atom. The van der Waals surface area contributed by atoms with Gasteiger partial charge in [-0.2, -0.15) is 0 Å². The molecule has 130 valence electrons. The highest BCUT2D eigenvalue weighted by Gasteiger charge is 2.19. The Hall–Kier alpha value is -1.59. The van der Waals surface area contributed by atoms with E-state index in [1.807, 2.05) is 54.6 Å². The van der Waals surface area contributed by atoms with Crippen molar-refractivity contribution in [3.05, 3.63) is 70.7 Å². The molecule has 3 N–H and O–H groups in total. The molecule has 0 radical (unpaired) electrons. The first-order valence-electron chi connectivity index (χ1n) is 7.44. The molecule has 2 rings (SSSR count). The Morgan fingerprint density at radius 2 is 1.79 bits per heavy atom. The van der Waals surface area contributed by atoms with Crippen LogP contribution in [0.1, 0.15) is 17.2 Å². The van der Waals surface area contributed by atoms with E-state index >= 15 is 0 Å². The molecule has 0 fully saturated rings. The normalized spacial score (nSPS) is 12.8. The van der Waals surface area contributed by atoms with Crippen LogP contribution in [0.2, 0.25) is 5.02 Å². The van der Waals surface area contributed by atoms with E-state index in [0.717, 1.165) is 11.1 Å². The minimum Gasteiger partial charge on any atom is -0.383 e. The van der Waals surface area contributed by atoms with Crippen molar-refractivity contribution < 1.29 is 9.53 Å². The van der Waals surface area contributed by atoms with Gasteiger partial charge in [-0.25, -0.2) is 0 Å². The molecule has 1 amide bonds. The van der Waals surface area contributed by atoms with Crippen LogP contribution in [0.4, 0.5) is 0 Å². The number of hydrogen-bond donors (Lipinski definition) is 2. The first-order valence-corrected chi connectivity index (χ1v) is 7.82. The van der Waals surface area contributed by atoms with Crippen molar-refractivity contribution in [1.29, 1.82) is 0 Å². The molecule has 24 heavy (non-hydrogen) atoms. The van der Waals surface area contributed by atoms with Gasteiger partial charge >= 0.3 is 0 Å². The number of amides is 1. The summed E-state index contributed by atoms with van der Waals surface area (Å²) in [6.45, 7) is 0.189. The molecule has 4 nitrogen and oxygen atoms in total. The zero-order valence-corrected chi connectivity index (χ0v) is 15.0. The molecule has 6 heteroatoms. The van der Waals surface area contributed by atoms with E-state index in [9.17, 15) is 4.79 Å². The minimum atomic E-state index is -0.684. The standard InChI is InChI=1S/C18H21ClN2O2.ClH/c1-23-12-16(20)18(22)21-17(14-5-3-2-4-6-14)11-13-7-9-15(19)10-8-13;/h2-10,16-17H,11-12,20H2,1H3,(H,21,22);1H. The lowest BCUT2D eigenvalue weighted by molar-refractivity contribution is -0.124. The molecule has 2 unspecified atom stereocenters. The van der Waals surface area contributed by atoms with Crippen LogP contribution >= 0.6 is 24.0 Å². The summed E-state index contributed by atoms with van der Waals surface area (Å²) in [5.74, 6) is -0.227. The third-order valence-corrected chi connectivity index (χ3v) is 3.81. The third kappa shape index (κ3) is 6.13. The lowest BCUT2D eigenvalue weighted by Crippen LogP contribution is -2.45. The van der Waals surface area contributed by atoms with Crippen molar-refractivity contribution in [2.75, 3.05) is 13.7 Å².